The van der Waals surface area contributed by atoms with Gasteiger partial charge in [0.1, 0.15) is 5.75 Å². The van der Waals surface area contributed by atoms with Gasteiger partial charge in [0.15, 0.2) is 0 Å². The number of nitrogens with zero attached hydrogens (tertiary/aromatic N) is 1. The van der Waals surface area contributed by atoms with Gasteiger partial charge in [-0.1, -0.05) is 44.9 Å². The van der Waals surface area contributed by atoms with Gasteiger partial charge < -0.3 is 10.8 Å². The average Bonchev–Trinajstić information content (AvgIpc) is 2.68. The number of aromatic hydroxyl groups is 1. The molecule has 0 unspecified atom stereocenters. The third kappa shape index (κ3) is 4.52. The van der Waals surface area contributed by atoms with E-state index in [4.69, 9.17) is 11.0 Å². The highest BCUT2D eigenvalue weighted by atomic mass is 16.3. The normalized spacial score (nSPS) is 13.0. The van der Waals surface area contributed by atoms with Gasteiger partial charge >= 0.3 is 0 Å². The molecule has 0 heterocycles. The molecule has 0 bridgehead atoms. The Morgan fingerprint density at radius 2 is 1.81 bits per heavy atom. The Bertz CT molecular complexity index is 874. The molecule has 0 aliphatic heterocycles. The van der Waals surface area contributed by atoms with E-state index in [0.717, 1.165) is 40.8 Å². The van der Waals surface area contributed by atoms with Crippen molar-refractivity contribution in [3.63, 3.8) is 0 Å². The van der Waals surface area contributed by atoms with Crippen molar-refractivity contribution in [2.75, 3.05) is 5.73 Å². The largest absolute Gasteiger partial charge is 0.507 e. The van der Waals surface area contributed by atoms with Crippen molar-refractivity contribution in [3.05, 3.63) is 58.7 Å². The number of benzene rings is 2. The third-order valence-electron chi connectivity index (χ3n) is 5.48. The van der Waals surface area contributed by atoms with Crippen molar-refractivity contribution < 1.29 is 5.11 Å². The van der Waals surface area contributed by atoms with Gasteiger partial charge in [0, 0.05) is 16.8 Å². The van der Waals surface area contributed by atoms with Gasteiger partial charge in [0.2, 0.25) is 0 Å². The van der Waals surface area contributed by atoms with Gasteiger partial charge in [-0.2, -0.15) is 5.26 Å². The van der Waals surface area contributed by atoms with Crippen LogP contribution < -0.4 is 5.73 Å². The van der Waals surface area contributed by atoms with Gasteiger partial charge in [0.05, 0.1) is 11.6 Å². The lowest BCUT2D eigenvalue weighted by molar-refractivity contribution is 0.473. The number of hydrogen-bond acceptors (Lipinski definition) is 3. The van der Waals surface area contributed by atoms with Crippen LogP contribution in [-0.2, 0) is 0 Å². The first-order valence-electron chi connectivity index (χ1n) is 9.74. The van der Waals surface area contributed by atoms with E-state index in [9.17, 15) is 5.11 Å². The zero-order valence-electron chi connectivity index (χ0n) is 16.8. The Morgan fingerprint density at radius 3 is 2.41 bits per heavy atom. The van der Waals surface area contributed by atoms with Crippen LogP contribution in [0.5, 0.6) is 5.75 Å². The molecule has 0 saturated carbocycles. The number of anilines is 1. The van der Waals surface area contributed by atoms with Gasteiger partial charge in [-0.3, -0.25) is 0 Å². The first-order valence-corrected chi connectivity index (χ1v) is 9.74. The molecule has 0 fully saturated rings. The zero-order chi connectivity index (χ0) is 20.0. The molecule has 0 radical (unpaired) electrons. The Balaban J connectivity index is 2.49. The summed E-state index contributed by atoms with van der Waals surface area (Å²) in [7, 11) is 0. The van der Waals surface area contributed by atoms with E-state index in [2.05, 4.69) is 32.0 Å². The summed E-state index contributed by atoms with van der Waals surface area (Å²) in [6, 6.07) is 13.3. The number of nitrogens with two attached hydrogens (primary N) is 1. The van der Waals surface area contributed by atoms with Crippen LogP contribution in [0.15, 0.2) is 36.4 Å². The van der Waals surface area contributed by atoms with Crippen LogP contribution in [0.3, 0.4) is 0 Å². The second kappa shape index (κ2) is 9.28. The lowest BCUT2D eigenvalue weighted by Crippen LogP contribution is -2.05. The van der Waals surface area contributed by atoms with Crippen molar-refractivity contribution in [2.45, 2.75) is 59.3 Å². The fourth-order valence-electron chi connectivity index (χ4n) is 3.62. The highest BCUT2D eigenvalue weighted by molar-refractivity contribution is 5.94. The maximum Gasteiger partial charge on any atom is 0.124 e. The van der Waals surface area contributed by atoms with E-state index in [1.54, 1.807) is 12.1 Å². The van der Waals surface area contributed by atoms with E-state index >= 15 is 0 Å². The molecule has 3 nitrogen and oxygen atoms in total. The Morgan fingerprint density at radius 1 is 1.11 bits per heavy atom. The third-order valence-corrected chi connectivity index (χ3v) is 5.48. The minimum absolute atomic E-state index is 0.120. The second-order valence-corrected chi connectivity index (χ2v) is 7.15. The number of unbranched alkanes of at least 4 members (excludes halogenated alkanes) is 1. The van der Waals surface area contributed by atoms with E-state index in [-0.39, 0.29) is 5.75 Å². The van der Waals surface area contributed by atoms with Crippen LogP contribution in [-0.4, -0.2) is 5.11 Å². The Hall–Kier alpha value is -2.73. The molecule has 0 saturated heterocycles. The van der Waals surface area contributed by atoms with E-state index in [1.165, 1.54) is 24.5 Å². The van der Waals surface area contributed by atoms with Crippen molar-refractivity contribution >= 4 is 16.8 Å². The molecule has 1 atom stereocenters. The molecule has 0 spiro atoms. The molecule has 3 N–H and O–H groups in total. The predicted octanol–water partition coefficient (Wildman–Crippen LogP) is 6.48. The van der Waals surface area contributed by atoms with Gasteiger partial charge in [-0.15, -0.1) is 0 Å². The van der Waals surface area contributed by atoms with Crippen LogP contribution >= 0.6 is 0 Å². The highest BCUT2D eigenvalue weighted by Gasteiger charge is 2.16. The number of nitriles is 1. The zero-order valence-corrected chi connectivity index (χ0v) is 16.8. The Kier molecular flexibility index (Phi) is 7.07. The fourth-order valence-corrected chi connectivity index (χ4v) is 3.62. The summed E-state index contributed by atoms with van der Waals surface area (Å²) in [5.41, 5.74) is 12.9. The summed E-state index contributed by atoms with van der Waals surface area (Å²) in [4.78, 5) is 0. The number of phenols is 1. The molecular formula is C24H30N2O. The minimum Gasteiger partial charge on any atom is -0.507 e. The fraction of sp³-hybridized carbons (Fsp3) is 0.375. The van der Waals surface area contributed by atoms with Crippen molar-refractivity contribution in [2.24, 2.45) is 0 Å². The summed E-state index contributed by atoms with van der Waals surface area (Å²) in [5, 5.41) is 19.3. The molecule has 27 heavy (non-hydrogen) atoms. The van der Waals surface area contributed by atoms with Crippen LogP contribution in [0.4, 0.5) is 5.69 Å². The Labute approximate surface area is 163 Å². The van der Waals surface area contributed by atoms with Gasteiger partial charge in [-0.25, -0.2) is 0 Å². The number of hydrogen-bond donors (Lipinski definition) is 2. The molecule has 2 rings (SSSR count). The SMILES string of the molecule is CCCC[C@@H](CC)c1cccc(/C(C)=C(\C)c2ccc(C#N)cc2O)c1N. The summed E-state index contributed by atoms with van der Waals surface area (Å²) in [6.45, 7) is 8.45. The molecule has 2 aromatic carbocycles. The maximum atomic E-state index is 10.3. The van der Waals surface area contributed by atoms with E-state index in [0.29, 0.717) is 11.5 Å². The molecule has 142 valence electrons. The topological polar surface area (TPSA) is 70.0 Å². The molecule has 3 heteroatoms. The van der Waals surface area contributed by atoms with Crippen molar-refractivity contribution in [1.29, 1.82) is 5.26 Å². The lowest BCUT2D eigenvalue weighted by Gasteiger charge is -2.20. The number of nitrogen functional groups attached to an aromatic ring is 1. The molecule has 0 aromatic heterocycles. The summed E-state index contributed by atoms with van der Waals surface area (Å²) in [6.07, 6.45) is 4.62. The first kappa shape index (κ1) is 20.6. The monoisotopic (exact) mass is 362 g/mol. The maximum absolute atomic E-state index is 10.3. The van der Waals surface area contributed by atoms with E-state index < -0.39 is 0 Å². The number of rotatable bonds is 7. The average molecular weight is 363 g/mol. The second-order valence-electron chi connectivity index (χ2n) is 7.15. The summed E-state index contributed by atoms with van der Waals surface area (Å²) >= 11 is 0. The number of phenolic OH excluding ortho intramolecular Hbond substituents is 1. The van der Waals surface area contributed by atoms with Crippen LogP contribution in [0, 0.1) is 11.3 Å². The van der Waals surface area contributed by atoms with Gasteiger partial charge in [-0.05, 0) is 67.5 Å². The molecular weight excluding hydrogens is 332 g/mol. The molecule has 0 aliphatic carbocycles. The molecule has 2 aromatic rings. The van der Waals surface area contributed by atoms with Crippen LogP contribution in [0.2, 0.25) is 0 Å². The molecule has 0 aliphatic rings. The summed E-state index contributed by atoms with van der Waals surface area (Å²) < 4.78 is 0. The van der Waals surface area contributed by atoms with Crippen LogP contribution in [0.25, 0.3) is 11.1 Å². The standard InChI is InChI=1S/C24H30N2O/c1-5-7-9-19(6-2)22-11-8-10-21(24(22)26)17(4)16(3)20-13-12-18(15-25)14-23(20)27/h8,10-14,19,27H,5-7,9,26H2,1-4H3/b17-16+/t19-/m1/s1. The quantitative estimate of drug-likeness (QED) is 0.437. The smallest absolute Gasteiger partial charge is 0.124 e. The van der Waals surface area contributed by atoms with E-state index in [1.807, 2.05) is 19.9 Å². The summed E-state index contributed by atoms with van der Waals surface area (Å²) in [5.74, 6) is 0.594. The van der Waals surface area contributed by atoms with Gasteiger partial charge in [0.25, 0.3) is 0 Å². The van der Waals surface area contributed by atoms with Crippen molar-refractivity contribution in [1.82, 2.24) is 0 Å². The minimum atomic E-state index is 0.120. The lowest BCUT2D eigenvalue weighted by atomic mass is 9.86. The highest BCUT2D eigenvalue weighted by Crippen LogP contribution is 2.38. The molecule has 0 amide bonds. The number of allylic oxidation sites excluding steroid dienone is 2. The predicted molar refractivity (Wildman–Crippen MR) is 114 cm³/mol. The van der Waals surface area contributed by atoms with Crippen molar-refractivity contribution in [3.8, 4) is 11.8 Å². The first-order chi connectivity index (χ1) is 12.9. The van der Waals surface area contributed by atoms with Crippen LogP contribution in [0.1, 0.15) is 81.5 Å². The number of para-hydroxylation sites is 1.